The molecule has 1 atom stereocenters. The van der Waals surface area contributed by atoms with Crippen LogP contribution < -0.4 is 5.32 Å². The average molecular weight is 219 g/mol. The Balaban J connectivity index is 2.27. The van der Waals surface area contributed by atoms with Gasteiger partial charge < -0.3 is 5.32 Å². The molecule has 0 saturated carbocycles. The van der Waals surface area contributed by atoms with Gasteiger partial charge in [-0.15, -0.1) is 22.9 Å². The summed E-state index contributed by atoms with van der Waals surface area (Å²) in [4.78, 5) is 15.8. The van der Waals surface area contributed by atoms with E-state index in [9.17, 15) is 4.79 Å². The highest BCUT2D eigenvalue weighted by Crippen LogP contribution is 2.05. The van der Waals surface area contributed by atoms with Crippen LogP contribution in [0.5, 0.6) is 0 Å². The maximum Gasteiger partial charge on any atom is 0.262 e. The quantitative estimate of drug-likeness (QED) is 0.785. The zero-order valence-corrected chi connectivity index (χ0v) is 8.86. The van der Waals surface area contributed by atoms with E-state index in [-0.39, 0.29) is 11.3 Å². The van der Waals surface area contributed by atoms with Gasteiger partial charge in [-0.05, 0) is 13.3 Å². The Labute approximate surface area is 86.1 Å². The zero-order chi connectivity index (χ0) is 9.68. The summed E-state index contributed by atoms with van der Waals surface area (Å²) in [5, 5.41) is 2.86. The average Bonchev–Trinajstić information content (AvgIpc) is 2.55. The Morgan fingerprint density at radius 2 is 2.62 bits per heavy atom. The maximum absolute atomic E-state index is 11.3. The van der Waals surface area contributed by atoms with Gasteiger partial charge in [0.05, 0.1) is 11.7 Å². The lowest BCUT2D eigenvalue weighted by Crippen LogP contribution is -2.24. The number of carbonyl (C=O) groups excluding carboxylic acids is 1. The number of hydrogen-bond donors (Lipinski definition) is 1. The van der Waals surface area contributed by atoms with Crippen LogP contribution in [0.1, 0.15) is 23.0 Å². The smallest absolute Gasteiger partial charge is 0.262 e. The van der Waals surface area contributed by atoms with E-state index in [1.807, 2.05) is 6.92 Å². The Morgan fingerprint density at radius 3 is 3.15 bits per heavy atom. The van der Waals surface area contributed by atoms with Gasteiger partial charge >= 0.3 is 0 Å². The highest BCUT2D eigenvalue weighted by atomic mass is 35.5. The van der Waals surface area contributed by atoms with Crippen LogP contribution in [0.4, 0.5) is 0 Å². The van der Waals surface area contributed by atoms with Crippen LogP contribution in [-0.4, -0.2) is 22.8 Å². The lowest BCUT2D eigenvalue weighted by atomic mass is 10.3. The fourth-order valence-corrected chi connectivity index (χ4v) is 1.44. The predicted molar refractivity (Wildman–Crippen MR) is 54.4 cm³/mol. The van der Waals surface area contributed by atoms with Crippen molar-refractivity contribution >= 4 is 28.8 Å². The molecule has 0 aliphatic rings. The van der Waals surface area contributed by atoms with Crippen molar-refractivity contribution in [2.24, 2.45) is 0 Å². The van der Waals surface area contributed by atoms with Crippen LogP contribution in [-0.2, 0) is 0 Å². The van der Waals surface area contributed by atoms with E-state index in [0.717, 1.165) is 6.42 Å². The molecule has 0 spiro atoms. The molecule has 5 heteroatoms. The molecule has 0 bridgehead atoms. The highest BCUT2D eigenvalue weighted by Gasteiger charge is 2.06. The van der Waals surface area contributed by atoms with E-state index in [0.29, 0.717) is 11.4 Å². The maximum atomic E-state index is 11.3. The van der Waals surface area contributed by atoms with Crippen LogP contribution in [0, 0.1) is 0 Å². The van der Waals surface area contributed by atoms with Crippen molar-refractivity contribution in [3.8, 4) is 0 Å². The second-order valence-electron chi connectivity index (χ2n) is 2.69. The summed E-state index contributed by atoms with van der Waals surface area (Å²) in [7, 11) is 0. The molecule has 1 aromatic heterocycles. The molecule has 0 fully saturated rings. The first-order chi connectivity index (χ1) is 6.20. The van der Waals surface area contributed by atoms with Gasteiger partial charge in [0.2, 0.25) is 0 Å². The third kappa shape index (κ3) is 3.74. The first kappa shape index (κ1) is 10.5. The van der Waals surface area contributed by atoms with Crippen molar-refractivity contribution < 1.29 is 4.79 Å². The first-order valence-electron chi connectivity index (χ1n) is 4.01. The van der Waals surface area contributed by atoms with E-state index in [1.165, 1.54) is 11.3 Å². The molecule has 1 aromatic rings. The van der Waals surface area contributed by atoms with Crippen molar-refractivity contribution in [2.75, 3.05) is 6.54 Å². The molecule has 72 valence electrons. The Kier molecular flexibility index (Phi) is 4.18. The zero-order valence-electron chi connectivity index (χ0n) is 7.29. The number of alkyl halides is 1. The Morgan fingerprint density at radius 1 is 1.85 bits per heavy atom. The molecular weight excluding hydrogens is 208 g/mol. The summed E-state index contributed by atoms with van der Waals surface area (Å²) < 4.78 is 0. The molecule has 0 aliphatic heterocycles. The lowest BCUT2D eigenvalue weighted by Gasteiger charge is -2.03. The molecule has 1 amide bonds. The molecule has 13 heavy (non-hydrogen) atoms. The summed E-state index contributed by atoms with van der Waals surface area (Å²) in [6.45, 7) is 2.52. The number of rotatable bonds is 4. The number of carbonyl (C=O) groups is 1. The van der Waals surface area contributed by atoms with Crippen molar-refractivity contribution in [2.45, 2.75) is 18.7 Å². The monoisotopic (exact) mass is 218 g/mol. The first-order valence-corrected chi connectivity index (χ1v) is 5.32. The van der Waals surface area contributed by atoms with E-state index in [1.54, 1.807) is 11.7 Å². The van der Waals surface area contributed by atoms with Crippen LogP contribution in [0.25, 0.3) is 0 Å². The number of amides is 1. The van der Waals surface area contributed by atoms with Crippen LogP contribution in [0.2, 0.25) is 0 Å². The van der Waals surface area contributed by atoms with E-state index >= 15 is 0 Å². The van der Waals surface area contributed by atoms with E-state index < -0.39 is 0 Å². The molecule has 1 unspecified atom stereocenters. The lowest BCUT2D eigenvalue weighted by molar-refractivity contribution is 0.0957. The standard InChI is InChI=1S/C8H11ClN2OS/c1-6(9)2-3-11-8(12)7-4-10-5-13-7/h4-6H,2-3H2,1H3,(H,11,12). The molecule has 1 heterocycles. The third-order valence-corrected chi connectivity index (χ3v) is 2.47. The Bertz CT molecular complexity index is 261. The summed E-state index contributed by atoms with van der Waals surface area (Å²) >= 11 is 7.06. The minimum atomic E-state index is -0.0696. The van der Waals surface area contributed by atoms with Gasteiger partial charge in [0.25, 0.3) is 5.91 Å². The van der Waals surface area contributed by atoms with E-state index in [4.69, 9.17) is 11.6 Å². The van der Waals surface area contributed by atoms with Crippen molar-refractivity contribution in [1.29, 1.82) is 0 Å². The summed E-state index contributed by atoms with van der Waals surface area (Å²) in [6, 6.07) is 0. The van der Waals surface area contributed by atoms with Gasteiger partial charge in [0.15, 0.2) is 0 Å². The van der Waals surface area contributed by atoms with Crippen LogP contribution in [0.15, 0.2) is 11.7 Å². The Hall–Kier alpha value is -0.610. The van der Waals surface area contributed by atoms with Crippen LogP contribution in [0.3, 0.4) is 0 Å². The van der Waals surface area contributed by atoms with Gasteiger partial charge in [-0.2, -0.15) is 0 Å². The van der Waals surface area contributed by atoms with Gasteiger partial charge in [0, 0.05) is 11.9 Å². The summed E-state index contributed by atoms with van der Waals surface area (Å²) in [5.74, 6) is -0.0696. The van der Waals surface area contributed by atoms with Crippen molar-refractivity contribution in [3.05, 3.63) is 16.6 Å². The number of thiazole rings is 1. The molecule has 0 aromatic carbocycles. The van der Waals surface area contributed by atoms with Crippen molar-refractivity contribution in [1.82, 2.24) is 10.3 Å². The van der Waals surface area contributed by atoms with Gasteiger partial charge in [0.1, 0.15) is 4.88 Å². The number of hydrogen-bond acceptors (Lipinski definition) is 3. The van der Waals surface area contributed by atoms with Gasteiger partial charge in [-0.3, -0.25) is 9.78 Å². The number of aromatic nitrogens is 1. The second kappa shape index (κ2) is 5.19. The summed E-state index contributed by atoms with van der Waals surface area (Å²) in [6.07, 6.45) is 2.34. The van der Waals surface area contributed by atoms with E-state index in [2.05, 4.69) is 10.3 Å². The SMILES string of the molecule is CC(Cl)CCNC(=O)c1cncs1. The van der Waals surface area contributed by atoms with Crippen LogP contribution >= 0.6 is 22.9 Å². The fraction of sp³-hybridized carbons (Fsp3) is 0.500. The third-order valence-electron chi connectivity index (χ3n) is 1.48. The molecule has 1 rings (SSSR count). The molecular formula is C8H11ClN2OS. The molecule has 1 N–H and O–H groups in total. The normalized spacial score (nSPS) is 12.5. The molecule has 0 saturated heterocycles. The predicted octanol–water partition coefficient (Wildman–Crippen LogP) is 1.89. The summed E-state index contributed by atoms with van der Waals surface area (Å²) in [5.41, 5.74) is 1.64. The number of nitrogens with zero attached hydrogens (tertiary/aromatic N) is 1. The van der Waals surface area contributed by atoms with Crippen molar-refractivity contribution in [3.63, 3.8) is 0 Å². The minimum absolute atomic E-state index is 0.0696. The molecule has 0 aliphatic carbocycles. The minimum Gasteiger partial charge on any atom is -0.351 e. The van der Waals surface area contributed by atoms with Gasteiger partial charge in [-0.1, -0.05) is 0 Å². The second-order valence-corrected chi connectivity index (χ2v) is 4.32. The topological polar surface area (TPSA) is 42.0 Å². The highest BCUT2D eigenvalue weighted by molar-refractivity contribution is 7.11. The number of nitrogens with one attached hydrogen (secondary N) is 1. The number of halogens is 1. The molecule has 0 radical (unpaired) electrons. The largest absolute Gasteiger partial charge is 0.351 e. The van der Waals surface area contributed by atoms with Gasteiger partial charge in [-0.25, -0.2) is 0 Å². The fourth-order valence-electron chi connectivity index (χ4n) is 0.800. The molecule has 3 nitrogen and oxygen atoms in total.